The van der Waals surface area contributed by atoms with E-state index >= 15 is 0 Å². The van der Waals surface area contributed by atoms with Gasteiger partial charge in [0.2, 0.25) is 0 Å². The van der Waals surface area contributed by atoms with Gasteiger partial charge < -0.3 is 15.8 Å². The van der Waals surface area contributed by atoms with Crippen molar-refractivity contribution in [3.05, 3.63) is 23.8 Å². The third-order valence-electron chi connectivity index (χ3n) is 2.39. The number of alkyl halides is 3. The van der Waals surface area contributed by atoms with Crippen molar-refractivity contribution in [2.24, 2.45) is 0 Å². The predicted octanol–water partition coefficient (Wildman–Crippen LogP) is 2.35. The number of hydrogen-bond donors (Lipinski definition) is 2. The Morgan fingerprint density at radius 3 is 2.68 bits per heavy atom. The van der Waals surface area contributed by atoms with Crippen LogP contribution in [0.3, 0.4) is 0 Å². The fourth-order valence-electron chi connectivity index (χ4n) is 1.48. The van der Waals surface area contributed by atoms with Crippen LogP contribution in [0.15, 0.2) is 18.2 Å². The highest BCUT2D eigenvalue weighted by molar-refractivity contribution is 5.97. The lowest BCUT2D eigenvalue weighted by Gasteiger charge is -2.10. The number of nitrogens with two attached hydrogens (primary N) is 1. The number of carbonyl (C=O) groups is 1. The third-order valence-corrected chi connectivity index (χ3v) is 2.39. The van der Waals surface area contributed by atoms with Crippen LogP contribution in [-0.2, 0) is 0 Å². The number of carbonyl (C=O) groups excluding carboxylic acids is 1. The van der Waals surface area contributed by atoms with Crippen molar-refractivity contribution in [1.82, 2.24) is 5.32 Å². The Bertz CT molecular complexity index is 447. The first kappa shape index (κ1) is 15.1. The molecule has 0 bridgehead atoms. The van der Waals surface area contributed by atoms with Crippen molar-refractivity contribution in [2.75, 3.05) is 19.4 Å². The summed E-state index contributed by atoms with van der Waals surface area (Å²) < 4.78 is 40.7. The van der Waals surface area contributed by atoms with Crippen LogP contribution >= 0.6 is 0 Å². The second-order valence-corrected chi connectivity index (χ2v) is 3.93. The summed E-state index contributed by atoms with van der Waals surface area (Å²) in [6, 6.07) is 4.46. The van der Waals surface area contributed by atoms with Crippen molar-refractivity contribution in [3.8, 4) is 5.75 Å². The maximum atomic E-state index is 11.9. The van der Waals surface area contributed by atoms with Crippen molar-refractivity contribution < 1.29 is 22.7 Å². The van der Waals surface area contributed by atoms with E-state index in [9.17, 15) is 18.0 Å². The van der Waals surface area contributed by atoms with E-state index < -0.39 is 18.5 Å². The van der Waals surface area contributed by atoms with Gasteiger partial charge in [0.15, 0.2) is 0 Å². The first-order valence-electron chi connectivity index (χ1n) is 5.62. The minimum absolute atomic E-state index is 0.0497. The standard InChI is InChI=1S/C12H15F3N2O2/c1-19-10-7-8(16)3-4-9(10)11(18)17-6-2-5-12(13,14)15/h3-4,7H,2,5-6,16H2,1H3,(H,17,18). The molecule has 0 spiro atoms. The number of amides is 1. The zero-order valence-corrected chi connectivity index (χ0v) is 10.4. The maximum absolute atomic E-state index is 11.9. The van der Waals surface area contributed by atoms with E-state index in [0.717, 1.165) is 0 Å². The van der Waals surface area contributed by atoms with Crippen LogP contribution in [0.2, 0.25) is 0 Å². The summed E-state index contributed by atoms with van der Waals surface area (Å²) in [5, 5.41) is 2.41. The monoisotopic (exact) mass is 276 g/mol. The average molecular weight is 276 g/mol. The van der Waals surface area contributed by atoms with Crippen molar-refractivity contribution in [2.45, 2.75) is 19.0 Å². The molecule has 0 saturated heterocycles. The largest absolute Gasteiger partial charge is 0.496 e. The Kier molecular flexibility index (Phi) is 5.02. The lowest BCUT2D eigenvalue weighted by atomic mass is 10.1. The molecule has 0 aliphatic carbocycles. The molecule has 4 nitrogen and oxygen atoms in total. The second-order valence-electron chi connectivity index (χ2n) is 3.93. The molecular weight excluding hydrogens is 261 g/mol. The molecule has 0 saturated carbocycles. The van der Waals surface area contributed by atoms with Crippen LogP contribution in [-0.4, -0.2) is 25.7 Å². The SMILES string of the molecule is COc1cc(N)ccc1C(=O)NCCCC(F)(F)F. The second kappa shape index (κ2) is 6.31. The Morgan fingerprint density at radius 1 is 1.42 bits per heavy atom. The van der Waals surface area contributed by atoms with Gasteiger partial charge in [-0.2, -0.15) is 13.2 Å². The van der Waals surface area contributed by atoms with E-state index in [2.05, 4.69) is 5.32 Å². The molecule has 0 aliphatic rings. The molecule has 0 radical (unpaired) electrons. The number of anilines is 1. The number of halogens is 3. The van der Waals surface area contributed by atoms with E-state index in [1.165, 1.54) is 25.3 Å². The molecule has 1 aromatic rings. The Hall–Kier alpha value is -1.92. The Morgan fingerprint density at radius 2 is 2.11 bits per heavy atom. The summed E-state index contributed by atoms with van der Waals surface area (Å²) in [6.07, 6.45) is -5.29. The minimum atomic E-state index is -4.20. The van der Waals surface area contributed by atoms with E-state index in [0.29, 0.717) is 5.69 Å². The highest BCUT2D eigenvalue weighted by atomic mass is 19.4. The van der Waals surface area contributed by atoms with Crippen LogP contribution in [0, 0.1) is 0 Å². The number of hydrogen-bond acceptors (Lipinski definition) is 3. The molecular formula is C12H15F3N2O2. The van der Waals surface area contributed by atoms with Crippen LogP contribution in [0.4, 0.5) is 18.9 Å². The summed E-state index contributed by atoms with van der Waals surface area (Å²) in [6.45, 7) is -0.0497. The van der Waals surface area contributed by atoms with Gasteiger partial charge in [0, 0.05) is 24.7 Å². The quantitative estimate of drug-likeness (QED) is 0.641. The molecule has 7 heteroatoms. The van der Waals surface area contributed by atoms with E-state index in [-0.39, 0.29) is 24.3 Å². The molecule has 0 heterocycles. The van der Waals surface area contributed by atoms with Gasteiger partial charge in [0.05, 0.1) is 12.7 Å². The molecule has 1 rings (SSSR count). The maximum Gasteiger partial charge on any atom is 0.389 e. The first-order valence-corrected chi connectivity index (χ1v) is 5.62. The summed E-state index contributed by atoms with van der Waals surface area (Å²) in [4.78, 5) is 11.7. The van der Waals surface area contributed by atoms with Gasteiger partial charge in [-0.25, -0.2) is 0 Å². The van der Waals surface area contributed by atoms with Gasteiger partial charge in [-0.05, 0) is 18.6 Å². The summed E-state index contributed by atoms with van der Waals surface area (Å²) in [5.74, 6) is -0.202. The summed E-state index contributed by atoms with van der Waals surface area (Å²) in [5.41, 5.74) is 6.21. The smallest absolute Gasteiger partial charge is 0.389 e. The molecule has 0 aliphatic heterocycles. The minimum Gasteiger partial charge on any atom is -0.496 e. The fourth-order valence-corrected chi connectivity index (χ4v) is 1.48. The number of nitrogens with one attached hydrogen (secondary N) is 1. The van der Waals surface area contributed by atoms with Gasteiger partial charge in [-0.15, -0.1) is 0 Å². The van der Waals surface area contributed by atoms with Crippen LogP contribution in [0.5, 0.6) is 5.75 Å². The van der Waals surface area contributed by atoms with Gasteiger partial charge in [0.1, 0.15) is 5.75 Å². The average Bonchev–Trinajstić information content (AvgIpc) is 2.33. The molecule has 0 unspecified atom stereocenters. The third kappa shape index (κ3) is 5.07. The van der Waals surface area contributed by atoms with Crippen LogP contribution in [0.1, 0.15) is 23.2 Å². The number of methoxy groups -OCH3 is 1. The number of benzene rings is 1. The molecule has 106 valence electrons. The van der Waals surface area contributed by atoms with E-state index in [4.69, 9.17) is 10.5 Å². The molecule has 19 heavy (non-hydrogen) atoms. The lowest BCUT2D eigenvalue weighted by molar-refractivity contribution is -0.135. The predicted molar refractivity (Wildman–Crippen MR) is 65.0 cm³/mol. The van der Waals surface area contributed by atoms with Gasteiger partial charge in [-0.3, -0.25) is 4.79 Å². The molecule has 0 fully saturated rings. The zero-order valence-electron chi connectivity index (χ0n) is 10.4. The zero-order chi connectivity index (χ0) is 14.5. The summed E-state index contributed by atoms with van der Waals surface area (Å²) in [7, 11) is 1.38. The highest BCUT2D eigenvalue weighted by Gasteiger charge is 2.26. The first-order chi connectivity index (χ1) is 8.83. The van der Waals surface area contributed by atoms with Crippen molar-refractivity contribution in [1.29, 1.82) is 0 Å². The normalized spacial score (nSPS) is 11.2. The number of nitrogen functional groups attached to an aromatic ring is 1. The molecule has 3 N–H and O–H groups in total. The Balaban J connectivity index is 2.54. The lowest BCUT2D eigenvalue weighted by Crippen LogP contribution is -2.26. The van der Waals surface area contributed by atoms with Gasteiger partial charge >= 0.3 is 6.18 Å². The summed E-state index contributed by atoms with van der Waals surface area (Å²) >= 11 is 0. The van der Waals surface area contributed by atoms with Crippen molar-refractivity contribution in [3.63, 3.8) is 0 Å². The molecule has 0 aromatic heterocycles. The van der Waals surface area contributed by atoms with E-state index in [1.54, 1.807) is 0 Å². The molecule has 1 aromatic carbocycles. The number of rotatable bonds is 5. The highest BCUT2D eigenvalue weighted by Crippen LogP contribution is 2.22. The van der Waals surface area contributed by atoms with Crippen LogP contribution < -0.4 is 15.8 Å². The van der Waals surface area contributed by atoms with Gasteiger partial charge in [-0.1, -0.05) is 0 Å². The Labute approximate surface area is 108 Å². The van der Waals surface area contributed by atoms with Gasteiger partial charge in [0.25, 0.3) is 5.91 Å². The van der Waals surface area contributed by atoms with E-state index in [1.807, 2.05) is 0 Å². The number of ether oxygens (including phenoxy) is 1. The topological polar surface area (TPSA) is 64.3 Å². The fraction of sp³-hybridized carbons (Fsp3) is 0.417. The molecule has 1 amide bonds. The molecule has 0 atom stereocenters. The van der Waals surface area contributed by atoms with Crippen molar-refractivity contribution >= 4 is 11.6 Å². The van der Waals surface area contributed by atoms with Crippen LogP contribution in [0.25, 0.3) is 0 Å².